The molecule has 0 radical (unpaired) electrons. The Morgan fingerprint density at radius 3 is 2.00 bits per heavy atom. The maximum absolute atomic E-state index is 7.32. The molecule has 2 heteroatoms. The summed E-state index contributed by atoms with van der Waals surface area (Å²) in [6.07, 6.45) is 4.07. The number of hydrogen-bond donors (Lipinski definition) is 0. The van der Waals surface area contributed by atoms with Gasteiger partial charge < -0.3 is 4.57 Å². The maximum Gasteiger partial charge on any atom is 0.0587 e. The third kappa shape index (κ3) is 2.80. The highest BCUT2D eigenvalue weighted by atomic mass is 14.9. The van der Waals surface area contributed by atoms with Crippen LogP contribution in [0.4, 0.5) is 0 Å². The predicted octanol–water partition coefficient (Wildman–Crippen LogP) is 3.01. The van der Waals surface area contributed by atoms with Crippen molar-refractivity contribution in [2.75, 3.05) is 0 Å². The lowest BCUT2D eigenvalue weighted by atomic mass is 10.3. The van der Waals surface area contributed by atoms with Gasteiger partial charge in [-0.1, -0.05) is 18.2 Å². The maximum atomic E-state index is 7.32. The van der Waals surface area contributed by atoms with Crippen molar-refractivity contribution < 1.29 is 0 Å². The number of hydrogen-bond acceptors (Lipinski definition) is 1. The van der Waals surface area contributed by atoms with Crippen LogP contribution < -0.4 is 0 Å². The number of rotatable bonds is 1. The van der Waals surface area contributed by atoms with Crippen LogP contribution >= 0.6 is 0 Å². The average molecular weight is 184 g/mol. The van der Waals surface area contributed by atoms with Crippen LogP contribution in [0.3, 0.4) is 0 Å². The molecule has 1 heterocycles. The lowest BCUT2D eigenvalue weighted by Gasteiger charge is -1.99. The van der Waals surface area contributed by atoms with Gasteiger partial charge in [0, 0.05) is 25.0 Å². The van der Waals surface area contributed by atoms with Crippen molar-refractivity contribution in [3.8, 4) is 11.8 Å². The number of nitriles is 1. The molecule has 1 aromatic heterocycles. The van der Waals surface area contributed by atoms with Crippen LogP contribution in [0.15, 0.2) is 54.9 Å². The molecule has 0 N–H and O–H groups in total. The first-order valence-corrected chi connectivity index (χ1v) is 4.37. The topological polar surface area (TPSA) is 28.7 Å². The molecular weight excluding hydrogens is 172 g/mol. The standard InChI is InChI=1S/C10H9N.C2H3N/c1-2-6-10(7-3-1)11-8-4-5-9-11;1-2-3/h1-9H;1H3. The average Bonchev–Trinajstić information content (AvgIpc) is 2.73. The van der Waals surface area contributed by atoms with Gasteiger partial charge in [-0.25, -0.2) is 0 Å². The van der Waals surface area contributed by atoms with E-state index in [4.69, 9.17) is 5.26 Å². The van der Waals surface area contributed by atoms with Crippen molar-refractivity contribution >= 4 is 0 Å². The van der Waals surface area contributed by atoms with Crippen LogP contribution in [-0.2, 0) is 0 Å². The molecule has 0 aliphatic rings. The third-order valence-electron chi connectivity index (χ3n) is 1.66. The first kappa shape index (κ1) is 10.1. The summed E-state index contributed by atoms with van der Waals surface area (Å²) >= 11 is 0. The highest BCUT2D eigenvalue weighted by molar-refractivity contribution is 5.31. The molecule has 0 aliphatic carbocycles. The number of benzene rings is 1. The van der Waals surface area contributed by atoms with E-state index >= 15 is 0 Å². The Labute approximate surface area is 84.0 Å². The minimum Gasteiger partial charge on any atom is -0.324 e. The van der Waals surface area contributed by atoms with Gasteiger partial charge in [-0.05, 0) is 24.3 Å². The molecule has 0 saturated heterocycles. The van der Waals surface area contributed by atoms with Gasteiger partial charge in [0.25, 0.3) is 0 Å². The Bertz CT molecular complexity index is 382. The summed E-state index contributed by atoms with van der Waals surface area (Å²) in [5.41, 5.74) is 1.21. The molecule has 70 valence electrons. The summed E-state index contributed by atoms with van der Waals surface area (Å²) in [5, 5.41) is 7.32. The van der Waals surface area contributed by atoms with Gasteiger partial charge in [0.15, 0.2) is 0 Å². The zero-order valence-electron chi connectivity index (χ0n) is 8.09. The lowest BCUT2D eigenvalue weighted by Crippen LogP contribution is -1.86. The predicted molar refractivity (Wildman–Crippen MR) is 57.1 cm³/mol. The van der Waals surface area contributed by atoms with E-state index in [9.17, 15) is 0 Å². The summed E-state index contributed by atoms with van der Waals surface area (Å²) in [6.45, 7) is 1.43. The first-order chi connectivity index (χ1) is 6.88. The molecule has 0 saturated carbocycles. The van der Waals surface area contributed by atoms with E-state index < -0.39 is 0 Å². The molecule has 0 aliphatic heterocycles. The molecule has 0 spiro atoms. The number of aromatic nitrogens is 1. The molecule has 0 bridgehead atoms. The van der Waals surface area contributed by atoms with Crippen LogP contribution in [0, 0.1) is 11.3 Å². The Balaban J connectivity index is 0.000000293. The van der Waals surface area contributed by atoms with E-state index in [1.807, 2.05) is 42.7 Å². The molecular formula is C12H12N2. The van der Waals surface area contributed by atoms with E-state index in [1.54, 1.807) is 6.07 Å². The van der Waals surface area contributed by atoms with E-state index in [-0.39, 0.29) is 0 Å². The van der Waals surface area contributed by atoms with Gasteiger partial charge in [0.1, 0.15) is 0 Å². The smallest absolute Gasteiger partial charge is 0.0587 e. The largest absolute Gasteiger partial charge is 0.324 e. The van der Waals surface area contributed by atoms with E-state index in [2.05, 4.69) is 16.7 Å². The van der Waals surface area contributed by atoms with Crippen molar-refractivity contribution in [1.29, 1.82) is 5.26 Å². The summed E-state index contributed by atoms with van der Waals surface area (Å²) in [5.74, 6) is 0. The molecule has 2 rings (SSSR count). The molecule has 0 atom stereocenters. The van der Waals surface area contributed by atoms with Crippen molar-refractivity contribution in [3.63, 3.8) is 0 Å². The van der Waals surface area contributed by atoms with Crippen LogP contribution in [0.1, 0.15) is 6.92 Å². The van der Waals surface area contributed by atoms with E-state index in [1.165, 1.54) is 12.6 Å². The van der Waals surface area contributed by atoms with Crippen molar-refractivity contribution in [2.45, 2.75) is 6.92 Å². The minimum atomic E-state index is 1.21. The van der Waals surface area contributed by atoms with Crippen LogP contribution in [0.25, 0.3) is 5.69 Å². The van der Waals surface area contributed by atoms with Crippen LogP contribution in [0.5, 0.6) is 0 Å². The fraction of sp³-hybridized carbons (Fsp3) is 0.0833. The van der Waals surface area contributed by atoms with E-state index in [0.717, 1.165) is 0 Å². The third-order valence-corrected chi connectivity index (χ3v) is 1.66. The van der Waals surface area contributed by atoms with Gasteiger partial charge in [-0.2, -0.15) is 5.26 Å². The van der Waals surface area contributed by atoms with Gasteiger partial charge >= 0.3 is 0 Å². The highest BCUT2D eigenvalue weighted by Gasteiger charge is 1.88. The second-order valence-electron chi connectivity index (χ2n) is 2.65. The van der Waals surface area contributed by atoms with Gasteiger partial charge in [-0.15, -0.1) is 0 Å². The fourth-order valence-electron chi connectivity index (χ4n) is 1.11. The quantitative estimate of drug-likeness (QED) is 0.669. The van der Waals surface area contributed by atoms with Crippen molar-refractivity contribution in [3.05, 3.63) is 54.9 Å². The fourth-order valence-corrected chi connectivity index (χ4v) is 1.11. The van der Waals surface area contributed by atoms with E-state index in [0.29, 0.717) is 0 Å². The molecule has 14 heavy (non-hydrogen) atoms. The summed E-state index contributed by atoms with van der Waals surface area (Å²) in [4.78, 5) is 0. The molecule has 0 fully saturated rings. The zero-order valence-corrected chi connectivity index (χ0v) is 8.09. The zero-order chi connectivity index (χ0) is 10.2. The molecule has 1 aromatic carbocycles. The summed E-state index contributed by atoms with van der Waals surface area (Å²) in [6, 6.07) is 16.1. The Morgan fingerprint density at radius 2 is 1.50 bits per heavy atom. The van der Waals surface area contributed by atoms with Gasteiger partial charge in [0.05, 0.1) is 6.07 Å². The van der Waals surface area contributed by atoms with Crippen LogP contribution in [0.2, 0.25) is 0 Å². The van der Waals surface area contributed by atoms with Gasteiger partial charge in [0.2, 0.25) is 0 Å². The second-order valence-corrected chi connectivity index (χ2v) is 2.65. The van der Waals surface area contributed by atoms with Gasteiger partial charge in [-0.3, -0.25) is 0 Å². The SMILES string of the molecule is CC#N.c1ccc(-n2cccc2)cc1. The Kier molecular flexibility index (Phi) is 4.03. The molecule has 0 unspecified atom stereocenters. The summed E-state index contributed by atoms with van der Waals surface area (Å²) in [7, 11) is 0. The Hall–Kier alpha value is -2.01. The Morgan fingerprint density at radius 1 is 1.00 bits per heavy atom. The lowest BCUT2D eigenvalue weighted by molar-refractivity contribution is 1.08. The molecule has 0 amide bonds. The number of para-hydroxylation sites is 1. The first-order valence-electron chi connectivity index (χ1n) is 4.37. The highest BCUT2D eigenvalue weighted by Crippen LogP contribution is 2.05. The number of nitrogens with zero attached hydrogens (tertiary/aromatic N) is 2. The van der Waals surface area contributed by atoms with Crippen molar-refractivity contribution in [1.82, 2.24) is 4.57 Å². The minimum absolute atomic E-state index is 1.21. The normalized spacial score (nSPS) is 8.29. The van der Waals surface area contributed by atoms with Crippen LogP contribution in [-0.4, -0.2) is 4.57 Å². The summed E-state index contributed by atoms with van der Waals surface area (Å²) < 4.78 is 2.08. The molecule has 2 aromatic rings. The second kappa shape index (κ2) is 5.60. The molecule has 2 nitrogen and oxygen atoms in total. The van der Waals surface area contributed by atoms with Crippen molar-refractivity contribution in [2.24, 2.45) is 0 Å². The monoisotopic (exact) mass is 184 g/mol.